The molecule has 0 atom stereocenters. The van der Waals surface area contributed by atoms with Gasteiger partial charge in [0.1, 0.15) is 11.5 Å². The number of benzene rings is 2. The molecular weight excluding hydrogens is 385 g/mol. The van der Waals surface area contributed by atoms with Crippen LogP contribution in [0.1, 0.15) is 16.9 Å². The van der Waals surface area contributed by atoms with Crippen LogP contribution in [-0.2, 0) is 9.53 Å². The van der Waals surface area contributed by atoms with Crippen LogP contribution in [-0.4, -0.2) is 11.9 Å². The first kappa shape index (κ1) is 17.6. The van der Waals surface area contributed by atoms with Crippen LogP contribution in [0.2, 0.25) is 10.0 Å². The molecule has 3 aromatic rings. The number of carbonyl (C=O) groups is 1. The minimum absolute atomic E-state index is 0.170. The average molecular weight is 398 g/mol. The number of aryl methyl sites for hydroxylation is 1. The standard InChI is InChI=1S/C21H13Cl2NO3/c1-12-2-4-13(5-3-12)20-24-18(21(25)27-20)11-15-7-9-19(26-15)16-10-14(22)6-8-17(16)23/h2-11H,1H3/b18-11-. The molecule has 1 aliphatic heterocycles. The van der Waals surface area contributed by atoms with Crippen molar-refractivity contribution in [2.24, 2.45) is 4.99 Å². The molecule has 0 N–H and O–H groups in total. The van der Waals surface area contributed by atoms with E-state index < -0.39 is 5.97 Å². The van der Waals surface area contributed by atoms with E-state index in [0.29, 0.717) is 27.1 Å². The van der Waals surface area contributed by atoms with Gasteiger partial charge in [-0.25, -0.2) is 9.79 Å². The molecule has 0 saturated carbocycles. The van der Waals surface area contributed by atoms with Gasteiger partial charge in [-0.2, -0.15) is 0 Å². The maximum Gasteiger partial charge on any atom is 0.363 e. The lowest BCUT2D eigenvalue weighted by atomic mass is 10.1. The number of nitrogens with zero attached hydrogens (tertiary/aromatic N) is 1. The topological polar surface area (TPSA) is 51.8 Å². The summed E-state index contributed by atoms with van der Waals surface area (Å²) in [5.74, 6) is 0.755. The molecule has 0 radical (unpaired) electrons. The lowest BCUT2D eigenvalue weighted by Crippen LogP contribution is -2.05. The molecule has 0 unspecified atom stereocenters. The molecule has 4 nitrogen and oxygen atoms in total. The Labute approximate surface area is 165 Å². The van der Waals surface area contributed by atoms with E-state index >= 15 is 0 Å². The second kappa shape index (κ2) is 7.06. The minimum atomic E-state index is -0.524. The smallest absolute Gasteiger partial charge is 0.363 e. The zero-order valence-corrected chi connectivity index (χ0v) is 15.7. The fraction of sp³-hybridized carbons (Fsp3) is 0.0476. The van der Waals surface area contributed by atoms with Gasteiger partial charge in [0, 0.05) is 22.2 Å². The van der Waals surface area contributed by atoms with Crippen LogP contribution >= 0.6 is 23.2 Å². The number of hydrogen-bond donors (Lipinski definition) is 0. The molecule has 0 fully saturated rings. The van der Waals surface area contributed by atoms with Crippen molar-refractivity contribution in [3.63, 3.8) is 0 Å². The molecule has 2 heterocycles. The van der Waals surface area contributed by atoms with E-state index in [-0.39, 0.29) is 11.6 Å². The number of rotatable bonds is 3. The Hall–Kier alpha value is -2.82. The number of hydrogen-bond acceptors (Lipinski definition) is 4. The van der Waals surface area contributed by atoms with Gasteiger partial charge in [0.25, 0.3) is 0 Å². The second-order valence-corrected chi connectivity index (χ2v) is 6.87. The normalized spacial score (nSPS) is 15.1. The van der Waals surface area contributed by atoms with Gasteiger partial charge < -0.3 is 9.15 Å². The van der Waals surface area contributed by atoms with Crippen LogP contribution in [0.5, 0.6) is 0 Å². The van der Waals surface area contributed by atoms with Gasteiger partial charge in [0.2, 0.25) is 5.90 Å². The number of esters is 1. The molecule has 0 amide bonds. The van der Waals surface area contributed by atoms with Crippen LogP contribution in [0.4, 0.5) is 0 Å². The third kappa shape index (κ3) is 3.68. The summed E-state index contributed by atoms with van der Waals surface area (Å²) in [7, 11) is 0. The second-order valence-electron chi connectivity index (χ2n) is 6.03. The quantitative estimate of drug-likeness (QED) is 0.407. The molecule has 134 valence electrons. The Morgan fingerprint density at radius 2 is 1.78 bits per heavy atom. The number of halogens is 2. The summed E-state index contributed by atoms with van der Waals surface area (Å²) in [6.45, 7) is 1.98. The van der Waals surface area contributed by atoms with Crippen molar-refractivity contribution < 1.29 is 13.9 Å². The van der Waals surface area contributed by atoms with Gasteiger partial charge >= 0.3 is 5.97 Å². The summed E-state index contributed by atoms with van der Waals surface area (Å²) < 4.78 is 11.0. The molecular formula is C21H13Cl2NO3. The maximum atomic E-state index is 12.1. The third-order valence-electron chi connectivity index (χ3n) is 4.02. The van der Waals surface area contributed by atoms with Crippen LogP contribution in [0, 0.1) is 6.92 Å². The van der Waals surface area contributed by atoms with Crippen molar-refractivity contribution in [1.82, 2.24) is 0 Å². The number of carbonyl (C=O) groups excluding carboxylic acids is 1. The monoisotopic (exact) mass is 397 g/mol. The van der Waals surface area contributed by atoms with Crippen molar-refractivity contribution in [1.29, 1.82) is 0 Å². The Kier molecular flexibility index (Phi) is 4.60. The number of aliphatic imine (C=N–C) groups is 1. The van der Waals surface area contributed by atoms with E-state index in [0.717, 1.165) is 11.1 Å². The van der Waals surface area contributed by atoms with E-state index in [2.05, 4.69) is 4.99 Å². The Bertz CT molecular complexity index is 1090. The summed E-state index contributed by atoms with van der Waals surface area (Å²) in [5, 5.41) is 1.07. The van der Waals surface area contributed by atoms with Crippen LogP contribution in [0.25, 0.3) is 17.4 Å². The highest BCUT2D eigenvalue weighted by molar-refractivity contribution is 6.35. The van der Waals surface area contributed by atoms with Gasteiger partial charge in [0.15, 0.2) is 5.70 Å². The van der Waals surface area contributed by atoms with E-state index in [4.69, 9.17) is 32.4 Å². The fourth-order valence-electron chi connectivity index (χ4n) is 2.63. The first-order chi connectivity index (χ1) is 13.0. The van der Waals surface area contributed by atoms with Crippen LogP contribution in [0.15, 0.2) is 69.7 Å². The largest absolute Gasteiger partial charge is 0.457 e. The van der Waals surface area contributed by atoms with E-state index in [1.165, 1.54) is 6.08 Å². The molecule has 6 heteroatoms. The summed E-state index contributed by atoms with van der Waals surface area (Å²) >= 11 is 12.2. The highest BCUT2D eigenvalue weighted by Gasteiger charge is 2.24. The third-order valence-corrected chi connectivity index (χ3v) is 4.58. The van der Waals surface area contributed by atoms with Crippen molar-refractivity contribution in [2.45, 2.75) is 6.92 Å². The van der Waals surface area contributed by atoms with Gasteiger partial charge in [-0.15, -0.1) is 0 Å². The molecule has 0 bridgehead atoms. The van der Waals surface area contributed by atoms with Crippen LogP contribution < -0.4 is 0 Å². The van der Waals surface area contributed by atoms with Crippen molar-refractivity contribution in [3.8, 4) is 11.3 Å². The van der Waals surface area contributed by atoms with Crippen molar-refractivity contribution >= 4 is 41.1 Å². The first-order valence-corrected chi connectivity index (χ1v) is 8.90. The molecule has 0 aliphatic carbocycles. The lowest BCUT2D eigenvalue weighted by Gasteiger charge is -2.01. The van der Waals surface area contributed by atoms with Gasteiger partial charge in [-0.1, -0.05) is 40.9 Å². The molecule has 0 saturated heterocycles. The van der Waals surface area contributed by atoms with Crippen LogP contribution in [0.3, 0.4) is 0 Å². The summed E-state index contributed by atoms with van der Waals surface area (Å²) in [6.07, 6.45) is 1.53. The molecule has 0 spiro atoms. The summed E-state index contributed by atoms with van der Waals surface area (Å²) in [5.41, 5.74) is 2.70. The molecule has 1 aromatic heterocycles. The number of ether oxygens (including phenoxy) is 1. The first-order valence-electron chi connectivity index (χ1n) is 8.14. The SMILES string of the molecule is Cc1ccc(C2=N/C(=C\c3ccc(-c4cc(Cl)ccc4Cl)o3)C(=O)O2)cc1. The summed E-state index contributed by atoms with van der Waals surface area (Å²) in [6, 6.07) is 16.2. The molecule has 4 rings (SSSR count). The van der Waals surface area contributed by atoms with E-state index in [9.17, 15) is 4.79 Å². The predicted molar refractivity (Wildman–Crippen MR) is 106 cm³/mol. The van der Waals surface area contributed by atoms with Gasteiger partial charge in [0.05, 0.1) is 5.02 Å². The Morgan fingerprint density at radius 1 is 1.00 bits per heavy atom. The predicted octanol–water partition coefficient (Wildman–Crippen LogP) is 5.91. The van der Waals surface area contributed by atoms with E-state index in [1.807, 2.05) is 31.2 Å². The zero-order chi connectivity index (χ0) is 19.0. The average Bonchev–Trinajstić information content (AvgIpc) is 3.25. The highest BCUT2D eigenvalue weighted by Crippen LogP contribution is 2.32. The maximum absolute atomic E-state index is 12.1. The zero-order valence-electron chi connectivity index (χ0n) is 14.2. The van der Waals surface area contributed by atoms with Gasteiger partial charge in [-0.3, -0.25) is 0 Å². The number of furan rings is 1. The van der Waals surface area contributed by atoms with Gasteiger partial charge in [-0.05, 0) is 49.4 Å². The Morgan fingerprint density at radius 3 is 2.56 bits per heavy atom. The minimum Gasteiger partial charge on any atom is -0.457 e. The Balaban J connectivity index is 1.64. The summed E-state index contributed by atoms with van der Waals surface area (Å²) in [4.78, 5) is 16.4. The molecule has 2 aromatic carbocycles. The van der Waals surface area contributed by atoms with Crippen molar-refractivity contribution in [2.75, 3.05) is 0 Å². The molecule has 27 heavy (non-hydrogen) atoms. The molecule has 1 aliphatic rings. The fourth-order valence-corrected chi connectivity index (χ4v) is 3.01. The lowest BCUT2D eigenvalue weighted by molar-refractivity contribution is -0.129. The van der Waals surface area contributed by atoms with Crippen molar-refractivity contribution in [3.05, 3.63) is 87.2 Å². The number of cyclic esters (lactones) is 1. The highest BCUT2D eigenvalue weighted by atomic mass is 35.5. The van der Waals surface area contributed by atoms with E-state index in [1.54, 1.807) is 30.3 Å².